The molecular weight excluding hydrogens is 342 g/mol. The number of carbonyl (C=O) groups is 2. The van der Waals surface area contributed by atoms with Gasteiger partial charge in [-0.1, -0.05) is 12.1 Å². The van der Waals surface area contributed by atoms with E-state index in [0.29, 0.717) is 24.2 Å². The number of nitrogens with zero attached hydrogens (tertiary/aromatic N) is 1. The number of nitrogens with two attached hydrogens (primary N) is 1. The van der Waals surface area contributed by atoms with Gasteiger partial charge in [0.1, 0.15) is 0 Å². The lowest BCUT2D eigenvalue weighted by atomic mass is 10.1. The first-order chi connectivity index (χ1) is 9.11. The Morgan fingerprint density at radius 3 is 2.20 bits per heavy atom. The maximum Gasteiger partial charge on any atom is 0.261 e. The standard InChI is InChI=1S/C13H15N3O2S.BrH/c14-13(19)15-7-3-4-8-16-11(17)9-5-1-2-6-10(9)12(16)18;/h1-2,5-6H,3-4,7-8H2,(H3,14,15,19);1H. The molecule has 1 aromatic carbocycles. The Hall–Kier alpha value is -1.47. The van der Waals surface area contributed by atoms with Crippen LogP contribution in [0.25, 0.3) is 0 Å². The summed E-state index contributed by atoms with van der Waals surface area (Å²) in [6.45, 7) is 1.07. The number of amides is 2. The summed E-state index contributed by atoms with van der Waals surface area (Å²) in [5.74, 6) is -0.411. The van der Waals surface area contributed by atoms with E-state index in [-0.39, 0.29) is 33.9 Å². The van der Waals surface area contributed by atoms with Gasteiger partial charge in [0.15, 0.2) is 5.11 Å². The van der Waals surface area contributed by atoms with Gasteiger partial charge in [0.25, 0.3) is 11.8 Å². The zero-order valence-electron chi connectivity index (χ0n) is 10.8. The Kier molecular flexibility index (Phi) is 6.09. The van der Waals surface area contributed by atoms with E-state index in [1.54, 1.807) is 24.3 Å². The van der Waals surface area contributed by atoms with Crippen molar-refractivity contribution in [3.63, 3.8) is 0 Å². The molecule has 0 saturated carbocycles. The molecule has 1 aliphatic heterocycles. The number of unbranched alkanes of at least 4 members (excludes halogenated alkanes) is 1. The summed E-state index contributed by atoms with van der Waals surface area (Å²) < 4.78 is 0. The number of halogens is 1. The van der Waals surface area contributed by atoms with Crippen LogP contribution < -0.4 is 11.1 Å². The number of imide groups is 1. The summed E-state index contributed by atoms with van der Waals surface area (Å²) in [5, 5.41) is 3.10. The molecule has 0 spiro atoms. The van der Waals surface area contributed by atoms with Crippen molar-refractivity contribution < 1.29 is 9.59 Å². The fourth-order valence-corrected chi connectivity index (χ4v) is 2.15. The lowest BCUT2D eigenvalue weighted by Crippen LogP contribution is -2.32. The highest BCUT2D eigenvalue weighted by Crippen LogP contribution is 2.22. The van der Waals surface area contributed by atoms with Crippen molar-refractivity contribution in [3.8, 4) is 0 Å². The quantitative estimate of drug-likeness (QED) is 0.474. The van der Waals surface area contributed by atoms with E-state index < -0.39 is 0 Å². The Labute approximate surface area is 133 Å². The zero-order chi connectivity index (χ0) is 13.8. The van der Waals surface area contributed by atoms with Crippen molar-refractivity contribution in [2.24, 2.45) is 5.73 Å². The number of fused-ring (bicyclic) bond motifs is 1. The van der Waals surface area contributed by atoms with Crippen LogP contribution in [0.2, 0.25) is 0 Å². The Morgan fingerprint density at radius 2 is 1.70 bits per heavy atom. The van der Waals surface area contributed by atoms with Gasteiger partial charge in [-0.05, 0) is 37.2 Å². The van der Waals surface area contributed by atoms with Crippen LogP contribution in [0.15, 0.2) is 24.3 Å². The first-order valence-corrected chi connectivity index (χ1v) is 6.50. The maximum atomic E-state index is 12.0. The molecule has 0 atom stereocenters. The first kappa shape index (κ1) is 16.6. The number of rotatable bonds is 5. The monoisotopic (exact) mass is 357 g/mol. The Balaban J connectivity index is 0.00000200. The molecule has 7 heteroatoms. The van der Waals surface area contributed by atoms with Gasteiger partial charge in [0.2, 0.25) is 0 Å². The second kappa shape index (κ2) is 7.35. The van der Waals surface area contributed by atoms with Crippen LogP contribution in [0, 0.1) is 0 Å². The molecule has 1 aliphatic rings. The molecule has 0 fully saturated rings. The third kappa shape index (κ3) is 3.55. The van der Waals surface area contributed by atoms with Gasteiger partial charge in [0.05, 0.1) is 11.1 Å². The lowest BCUT2D eigenvalue weighted by molar-refractivity contribution is 0.0652. The molecule has 3 N–H and O–H groups in total. The molecule has 0 radical (unpaired) electrons. The molecular formula is C13H16BrN3O2S. The molecule has 2 amide bonds. The number of nitrogens with one attached hydrogen (secondary N) is 1. The van der Waals surface area contributed by atoms with Gasteiger partial charge < -0.3 is 11.1 Å². The largest absolute Gasteiger partial charge is 0.376 e. The fourth-order valence-electron chi connectivity index (χ4n) is 2.05. The summed E-state index contributed by atoms with van der Waals surface area (Å²) in [7, 11) is 0. The molecule has 5 nitrogen and oxygen atoms in total. The van der Waals surface area contributed by atoms with Gasteiger partial charge in [-0.15, -0.1) is 17.0 Å². The highest BCUT2D eigenvalue weighted by molar-refractivity contribution is 8.93. The van der Waals surface area contributed by atoms with Gasteiger partial charge in [0, 0.05) is 13.1 Å². The van der Waals surface area contributed by atoms with Gasteiger partial charge in [-0.2, -0.15) is 0 Å². The lowest BCUT2D eigenvalue weighted by Gasteiger charge is -2.13. The average molecular weight is 358 g/mol. The molecule has 1 heterocycles. The molecule has 0 saturated heterocycles. The number of benzene rings is 1. The SMILES string of the molecule is Br.NC(=S)NCCCCN1C(=O)c2ccccc2C1=O. The highest BCUT2D eigenvalue weighted by Gasteiger charge is 2.34. The van der Waals surface area contributed by atoms with E-state index in [1.165, 1.54) is 4.90 Å². The number of hydrogen-bond acceptors (Lipinski definition) is 3. The van der Waals surface area contributed by atoms with Gasteiger partial charge in [-0.3, -0.25) is 14.5 Å². The van der Waals surface area contributed by atoms with Crippen LogP contribution in [0.5, 0.6) is 0 Å². The van der Waals surface area contributed by atoms with Crippen molar-refractivity contribution in [1.29, 1.82) is 0 Å². The maximum absolute atomic E-state index is 12.0. The third-order valence-electron chi connectivity index (χ3n) is 2.99. The van der Waals surface area contributed by atoms with E-state index in [9.17, 15) is 9.59 Å². The van der Waals surface area contributed by atoms with Crippen LogP contribution in [-0.4, -0.2) is 34.9 Å². The summed E-state index contributed by atoms with van der Waals surface area (Å²) in [6, 6.07) is 6.90. The third-order valence-corrected chi connectivity index (χ3v) is 3.13. The van der Waals surface area contributed by atoms with E-state index in [2.05, 4.69) is 17.5 Å². The molecule has 20 heavy (non-hydrogen) atoms. The van der Waals surface area contributed by atoms with Crippen molar-refractivity contribution >= 4 is 46.1 Å². The van der Waals surface area contributed by atoms with Crippen LogP contribution in [0.4, 0.5) is 0 Å². The molecule has 0 unspecified atom stereocenters. The van der Waals surface area contributed by atoms with Gasteiger partial charge >= 0.3 is 0 Å². The van der Waals surface area contributed by atoms with Crippen LogP contribution in [0.1, 0.15) is 33.6 Å². The van der Waals surface area contributed by atoms with Gasteiger partial charge in [-0.25, -0.2) is 0 Å². The molecule has 0 bridgehead atoms. The predicted octanol–water partition coefficient (Wildman–Crippen LogP) is 1.47. The predicted molar refractivity (Wildman–Crippen MR) is 86.2 cm³/mol. The molecule has 0 aliphatic carbocycles. The van der Waals surface area contributed by atoms with Crippen molar-refractivity contribution in [1.82, 2.24) is 10.2 Å². The smallest absolute Gasteiger partial charge is 0.261 e. The normalized spacial score (nSPS) is 12.9. The van der Waals surface area contributed by atoms with E-state index in [0.717, 1.165) is 12.8 Å². The molecule has 2 rings (SSSR count). The van der Waals surface area contributed by atoms with Crippen molar-refractivity contribution in [3.05, 3.63) is 35.4 Å². The molecule has 1 aromatic rings. The van der Waals surface area contributed by atoms with E-state index in [4.69, 9.17) is 5.73 Å². The fraction of sp³-hybridized carbons (Fsp3) is 0.308. The molecule has 0 aromatic heterocycles. The zero-order valence-corrected chi connectivity index (χ0v) is 13.3. The average Bonchev–Trinajstić information content (AvgIpc) is 2.63. The number of carbonyl (C=O) groups excluding carboxylic acids is 2. The van der Waals surface area contributed by atoms with E-state index >= 15 is 0 Å². The number of hydrogen-bond donors (Lipinski definition) is 2. The summed E-state index contributed by atoms with van der Waals surface area (Å²) in [5.41, 5.74) is 6.29. The second-order valence-corrected chi connectivity index (χ2v) is 4.75. The van der Waals surface area contributed by atoms with E-state index in [1.807, 2.05) is 0 Å². The van der Waals surface area contributed by atoms with Crippen molar-refractivity contribution in [2.45, 2.75) is 12.8 Å². The minimum absolute atomic E-state index is 0. The Morgan fingerprint density at radius 1 is 1.15 bits per heavy atom. The minimum atomic E-state index is -0.206. The van der Waals surface area contributed by atoms with Crippen molar-refractivity contribution in [2.75, 3.05) is 13.1 Å². The van der Waals surface area contributed by atoms with Crippen LogP contribution >= 0.6 is 29.2 Å². The first-order valence-electron chi connectivity index (χ1n) is 6.10. The minimum Gasteiger partial charge on any atom is -0.376 e. The van der Waals surface area contributed by atoms with Crippen LogP contribution in [0.3, 0.4) is 0 Å². The Bertz CT molecular complexity index is 501. The summed E-state index contributed by atoms with van der Waals surface area (Å²) in [6.07, 6.45) is 1.52. The number of thiocarbonyl (C=S) groups is 1. The summed E-state index contributed by atoms with van der Waals surface area (Å²) in [4.78, 5) is 25.4. The highest BCUT2D eigenvalue weighted by atomic mass is 79.9. The summed E-state index contributed by atoms with van der Waals surface area (Å²) >= 11 is 4.69. The second-order valence-electron chi connectivity index (χ2n) is 4.31. The topological polar surface area (TPSA) is 75.4 Å². The van der Waals surface area contributed by atoms with Crippen LogP contribution in [-0.2, 0) is 0 Å². The molecule has 108 valence electrons.